The molecule has 142 valence electrons. The van der Waals surface area contributed by atoms with E-state index in [-0.39, 0.29) is 0 Å². The molecule has 0 bridgehead atoms. The Labute approximate surface area is 161 Å². The summed E-state index contributed by atoms with van der Waals surface area (Å²) in [5.41, 5.74) is 2.45. The van der Waals surface area contributed by atoms with Crippen LogP contribution in [0.1, 0.15) is 39.3 Å². The van der Waals surface area contributed by atoms with E-state index in [2.05, 4.69) is 26.1 Å². The number of hydrogen-bond acceptors (Lipinski definition) is 5. The van der Waals surface area contributed by atoms with Crippen LogP contribution in [0.4, 0.5) is 5.82 Å². The Bertz CT molecular complexity index is 705. The summed E-state index contributed by atoms with van der Waals surface area (Å²) < 4.78 is 11.3. The summed E-state index contributed by atoms with van der Waals surface area (Å²) in [6, 6.07) is 8.11. The Morgan fingerprint density at radius 3 is 2.46 bits per heavy atom. The highest BCUT2D eigenvalue weighted by molar-refractivity contribution is 6.18. The van der Waals surface area contributed by atoms with Gasteiger partial charge in [0.1, 0.15) is 18.1 Å². The van der Waals surface area contributed by atoms with Crippen molar-refractivity contribution in [1.29, 1.82) is 0 Å². The van der Waals surface area contributed by atoms with E-state index >= 15 is 0 Å². The van der Waals surface area contributed by atoms with Gasteiger partial charge in [0.25, 0.3) is 0 Å². The van der Waals surface area contributed by atoms with Crippen LogP contribution in [0.15, 0.2) is 24.3 Å². The number of ether oxygens (including phenoxy) is 2. The van der Waals surface area contributed by atoms with Gasteiger partial charge < -0.3 is 14.8 Å². The van der Waals surface area contributed by atoms with Crippen LogP contribution in [-0.2, 0) is 6.42 Å². The van der Waals surface area contributed by atoms with E-state index < -0.39 is 0 Å². The predicted molar refractivity (Wildman–Crippen MR) is 108 cm³/mol. The standard InChI is InChI=1S/C20H28ClN3O2/c1-5-14(6-2)22-19-16(7-3)23-18(20(24-19)25-4)15-10-8-9-11-17(15)26-13-12-21/h8-11,14H,5-7,12-13H2,1-4H3,(H,22,24). The fourth-order valence-corrected chi connectivity index (χ4v) is 2.83. The van der Waals surface area contributed by atoms with Gasteiger partial charge >= 0.3 is 0 Å². The van der Waals surface area contributed by atoms with Crippen molar-refractivity contribution < 1.29 is 9.47 Å². The highest BCUT2D eigenvalue weighted by Gasteiger charge is 2.19. The number of alkyl halides is 1. The quantitative estimate of drug-likeness (QED) is 0.595. The molecule has 0 spiro atoms. The third kappa shape index (κ3) is 4.79. The molecule has 1 heterocycles. The zero-order valence-electron chi connectivity index (χ0n) is 16.0. The van der Waals surface area contributed by atoms with E-state index in [1.165, 1.54) is 0 Å². The van der Waals surface area contributed by atoms with Gasteiger partial charge in [-0.25, -0.2) is 4.98 Å². The van der Waals surface area contributed by atoms with Crippen LogP contribution >= 0.6 is 11.6 Å². The average Bonchev–Trinajstić information content (AvgIpc) is 2.70. The summed E-state index contributed by atoms with van der Waals surface area (Å²) in [5.74, 6) is 2.43. The lowest BCUT2D eigenvalue weighted by atomic mass is 10.1. The van der Waals surface area contributed by atoms with Crippen molar-refractivity contribution in [2.24, 2.45) is 0 Å². The molecular weight excluding hydrogens is 350 g/mol. The highest BCUT2D eigenvalue weighted by atomic mass is 35.5. The Balaban J connectivity index is 2.50. The van der Waals surface area contributed by atoms with Crippen molar-refractivity contribution >= 4 is 17.4 Å². The number of methoxy groups -OCH3 is 1. The normalized spacial score (nSPS) is 10.8. The lowest BCUT2D eigenvalue weighted by Gasteiger charge is -2.20. The van der Waals surface area contributed by atoms with Crippen LogP contribution in [0, 0.1) is 0 Å². The summed E-state index contributed by atoms with van der Waals surface area (Å²) in [7, 11) is 1.61. The Morgan fingerprint density at radius 1 is 1.12 bits per heavy atom. The topological polar surface area (TPSA) is 56.3 Å². The molecule has 0 saturated carbocycles. The zero-order valence-corrected chi connectivity index (χ0v) is 16.8. The largest absolute Gasteiger partial charge is 0.492 e. The molecule has 0 radical (unpaired) electrons. The molecule has 0 saturated heterocycles. The molecule has 0 aliphatic carbocycles. The molecule has 0 aliphatic rings. The van der Waals surface area contributed by atoms with E-state index in [4.69, 9.17) is 31.0 Å². The van der Waals surface area contributed by atoms with Crippen molar-refractivity contribution in [2.75, 3.05) is 24.9 Å². The summed E-state index contributed by atoms with van der Waals surface area (Å²) in [4.78, 5) is 9.58. The first kappa shape index (κ1) is 20.3. The minimum atomic E-state index is 0.365. The second kappa shape index (κ2) is 10.2. The number of aromatic nitrogens is 2. The number of anilines is 1. The minimum absolute atomic E-state index is 0.365. The van der Waals surface area contributed by atoms with E-state index in [9.17, 15) is 0 Å². The molecule has 0 fully saturated rings. The molecule has 0 amide bonds. The van der Waals surface area contributed by atoms with Gasteiger partial charge in [-0.1, -0.05) is 32.9 Å². The van der Waals surface area contributed by atoms with Crippen molar-refractivity contribution in [3.63, 3.8) is 0 Å². The summed E-state index contributed by atoms with van der Waals surface area (Å²) in [6.07, 6.45) is 2.83. The number of nitrogens with one attached hydrogen (secondary N) is 1. The van der Waals surface area contributed by atoms with Gasteiger partial charge in [0.05, 0.1) is 18.7 Å². The van der Waals surface area contributed by atoms with Gasteiger partial charge in [-0.15, -0.1) is 11.6 Å². The smallest absolute Gasteiger partial charge is 0.242 e. The molecule has 26 heavy (non-hydrogen) atoms. The first-order valence-corrected chi connectivity index (χ1v) is 9.71. The van der Waals surface area contributed by atoms with Crippen molar-refractivity contribution in [2.45, 2.75) is 46.1 Å². The maximum absolute atomic E-state index is 5.77. The van der Waals surface area contributed by atoms with E-state index in [0.29, 0.717) is 30.1 Å². The fourth-order valence-electron chi connectivity index (χ4n) is 2.76. The summed E-state index contributed by atoms with van der Waals surface area (Å²) in [6.45, 7) is 6.84. The highest BCUT2D eigenvalue weighted by Crippen LogP contribution is 2.35. The summed E-state index contributed by atoms with van der Waals surface area (Å²) >= 11 is 5.77. The monoisotopic (exact) mass is 377 g/mol. The lowest BCUT2D eigenvalue weighted by Crippen LogP contribution is -2.20. The van der Waals surface area contributed by atoms with E-state index in [0.717, 1.165) is 42.1 Å². The number of nitrogens with zero attached hydrogens (tertiary/aromatic N) is 2. The van der Waals surface area contributed by atoms with Crippen LogP contribution in [0.5, 0.6) is 11.6 Å². The maximum Gasteiger partial charge on any atom is 0.242 e. The Hall–Kier alpha value is -2.01. The van der Waals surface area contributed by atoms with Crippen LogP contribution in [-0.4, -0.2) is 35.6 Å². The van der Waals surface area contributed by atoms with Crippen molar-refractivity contribution in [3.05, 3.63) is 30.0 Å². The molecule has 1 N–H and O–H groups in total. The van der Waals surface area contributed by atoms with Gasteiger partial charge in [-0.05, 0) is 31.4 Å². The van der Waals surface area contributed by atoms with Gasteiger partial charge in [0.2, 0.25) is 5.88 Å². The van der Waals surface area contributed by atoms with E-state index in [1.54, 1.807) is 7.11 Å². The number of para-hydroxylation sites is 1. The second-order valence-electron chi connectivity index (χ2n) is 5.92. The first-order chi connectivity index (χ1) is 12.7. The predicted octanol–water partition coefficient (Wildman–Crippen LogP) is 4.93. The van der Waals surface area contributed by atoms with Gasteiger partial charge in [0, 0.05) is 11.6 Å². The molecule has 0 aliphatic heterocycles. The SMILES string of the molecule is CCc1nc(-c2ccccc2OCCCl)c(OC)nc1NC(CC)CC. The second-order valence-corrected chi connectivity index (χ2v) is 6.30. The van der Waals surface area contributed by atoms with Crippen molar-refractivity contribution in [3.8, 4) is 22.9 Å². The van der Waals surface area contributed by atoms with Crippen LogP contribution in [0.3, 0.4) is 0 Å². The fraction of sp³-hybridized carbons (Fsp3) is 0.500. The molecular formula is C20H28ClN3O2. The first-order valence-electron chi connectivity index (χ1n) is 9.17. The average molecular weight is 378 g/mol. The van der Waals surface area contributed by atoms with Gasteiger partial charge in [-0.2, -0.15) is 4.98 Å². The molecule has 2 rings (SSSR count). The third-order valence-corrected chi connectivity index (χ3v) is 4.42. The summed E-state index contributed by atoms with van der Waals surface area (Å²) in [5, 5.41) is 3.50. The molecule has 0 unspecified atom stereocenters. The number of hydrogen-bond donors (Lipinski definition) is 1. The molecule has 1 aromatic heterocycles. The number of aryl methyl sites for hydroxylation is 1. The van der Waals surface area contributed by atoms with Gasteiger partial charge in [0.15, 0.2) is 5.82 Å². The molecule has 1 aromatic carbocycles. The number of halogens is 1. The van der Waals surface area contributed by atoms with Crippen LogP contribution < -0.4 is 14.8 Å². The maximum atomic E-state index is 5.77. The Kier molecular flexibility index (Phi) is 7.98. The molecule has 6 heteroatoms. The third-order valence-electron chi connectivity index (χ3n) is 4.27. The van der Waals surface area contributed by atoms with Crippen molar-refractivity contribution in [1.82, 2.24) is 9.97 Å². The molecule has 2 aromatic rings. The number of benzene rings is 1. The van der Waals surface area contributed by atoms with Crippen LogP contribution in [0.25, 0.3) is 11.3 Å². The molecule has 5 nitrogen and oxygen atoms in total. The number of rotatable bonds is 10. The van der Waals surface area contributed by atoms with E-state index in [1.807, 2.05) is 24.3 Å². The zero-order chi connectivity index (χ0) is 18.9. The molecule has 0 atom stereocenters. The minimum Gasteiger partial charge on any atom is -0.492 e. The van der Waals surface area contributed by atoms with Gasteiger partial charge in [-0.3, -0.25) is 0 Å². The Morgan fingerprint density at radius 2 is 1.85 bits per heavy atom. The van der Waals surface area contributed by atoms with Crippen LogP contribution in [0.2, 0.25) is 0 Å². The lowest BCUT2D eigenvalue weighted by molar-refractivity contribution is 0.343.